The van der Waals surface area contributed by atoms with Gasteiger partial charge in [-0.25, -0.2) is 0 Å². The van der Waals surface area contributed by atoms with Crippen LogP contribution < -0.4 is 15.5 Å². The molecule has 1 heterocycles. The van der Waals surface area contributed by atoms with Crippen LogP contribution in [-0.4, -0.2) is 44.5 Å². The maximum absolute atomic E-state index is 5.38. The first-order chi connectivity index (χ1) is 11.3. The summed E-state index contributed by atoms with van der Waals surface area (Å²) < 4.78 is 5.37. The lowest BCUT2D eigenvalue weighted by atomic mass is 10.1. The maximum Gasteiger partial charge on any atom is 0.170 e. The van der Waals surface area contributed by atoms with E-state index in [1.54, 1.807) is 4.90 Å². The van der Waals surface area contributed by atoms with Crippen molar-refractivity contribution in [1.29, 1.82) is 0 Å². The van der Waals surface area contributed by atoms with E-state index in [2.05, 4.69) is 53.1 Å². The van der Waals surface area contributed by atoms with E-state index in [-0.39, 0.29) is 0 Å². The summed E-state index contributed by atoms with van der Waals surface area (Å²) in [6.07, 6.45) is 1.12. The van der Waals surface area contributed by atoms with Crippen LogP contribution in [0.4, 0.5) is 5.69 Å². The van der Waals surface area contributed by atoms with Gasteiger partial charge in [-0.05, 0) is 35.1 Å². The number of morpholine rings is 1. The Morgan fingerprint density at radius 3 is 2.70 bits per heavy atom. The number of quaternary nitrogens is 1. The van der Waals surface area contributed by atoms with Gasteiger partial charge in [0.25, 0.3) is 0 Å². The number of thiocarbonyl (C=S) groups is 1. The van der Waals surface area contributed by atoms with Crippen molar-refractivity contribution in [3.8, 4) is 0 Å². The smallest absolute Gasteiger partial charge is 0.170 e. The molecule has 0 atom stereocenters. The molecule has 122 valence electrons. The Balaban J connectivity index is 1.41. The van der Waals surface area contributed by atoms with Gasteiger partial charge in [0.2, 0.25) is 0 Å². The zero-order valence-corrected chi connectivity index (χ0v) is 14.1. The van der Waals surface area contributed by atoms with E-state index < -0.39 is 0 Å². The second-order valence-electron chi connectivity index (χ2n) is 5.91. The van der Waals surface area contributed by atoms with E-state index in [0.717, 1.165) is 45.0 Å². The van der Waals surface area contributed by atoms with Gasteiger partial charge < -0.3 is 20.3 Å². The summed E-state index contributed by atoms with van der Waals surface area (Å²) in [6.45, 7) is 6.12. The largest absolute Gasteiger partial charge is 0.370 e. The van der Waals surface area contributed by atoms with Crippen LogP contribution in [0, 0.1) is 0 Å². The highest BCUT2D eigenvalue weighted by Crippen LogP contribution is 2.18. The SMILES string of the molecule is S=C(NCCC[NH+]1CCOCC1)Nc1ccc2ccccc2c1. The van der Waals surface area contributed by atoms with Gasteiger partial charge in [0.15, 0.2) is 5.11 Å². The van der Waals surface area contributed by atoms with Crippen LogP contribution in [0.2, 0.25) is 0 Å². The average molecular weight is 330 g/mol. The number of hydrogen-bond donors (Lipinski definition) is 3. The van der Waals surface area contributed by atoms with Gasteiger partial charge in [0.1, 0.15) is 13.1 Å². The molecule has 0 aromatic heterocycles. The molecule has 2 aromatic rings. The lowest BCUT2D eigenvalue weighted by molar-refractivity contribution is -0.908. The quantitative estimate of drug-likeness (QED) is 0.573. The fraction of sp³-hybridized carbons (Fsp3) is 0.389. The Labute approximate surface area is 142 Å². The molecule has 1 aliphatic rings. The molecule has 0 amide bonds. The fourth-order valence-corrected chi connectivity index (χ4v) is 3.11. The molecule has 5 heteroatoms. The van der Waals surface area contributed by atoms with E-state index in [1.165, 1.54) is 17.3 Å². The highest BCUT2D eigenvalue weighted by atomic mass is 32.1. The van der Waals surface area contributed by atoms with Crippen LogP contribution in [0.1, 0.15) is 6.42 Å². The molecule has 3 N–H and O–H groups in total. The number of nitrogens with one attached hydrogen (secondary N) is 3. The second kappa shape index (κ2) is 8.24. The van der Waals surface area contributed by atoms with E-state index in [0.29, 0.717) is 5.11 Å². The third-order valence-electron chi connectivity index (χ3n) is 4.20. The van der Waals surface area contributed by atoms with Crippen molar-refractivity contribution in [1.82, 2.24) is 5.32 Å². The number of fused-ring (bicyclic) bond motifs is 1. The summed E-state index contributed by atoms with van der Waals surface area (Å²) >= 11 is 5.38. The van der Waals surface area contributed by atoms with Crippen LogP contribution >= 0.6 is 12.2 Å². The summed E-state index contributed by atoms with van der Waals surface area (Å²) in [5.74, 6) is 0. The van der Waals surface area contributed by atoms with Gasteiger partial charge in [-0.3, -0.25) is 0 Å². The first-order valence-electron chi connectivity index (χ1n) is 8.26. The van der Waals surface area contributed by atoms with Crippen molar-refractivity contribution < 1.29 is 9.64 Å². The molecule has 0 bridgehead atoms. The number of ether oxygens (including phenoxy) is 1. The molecule has 0 aliphatic carbocycles. The van der Waals surface area contributed by atoms with Crippen LogP contribution in [0.25, 0.3) is 10.8 Å². The second-order valence-corrected chi connectivity index (χ2v) is 6.32. The fourth-order valence-electron chi connectivity index (χ4n) is 2.89. The first kappa shape index (κ1) is 16.2. The summed E-state index contributed by atoms with van der Waals surface area (Å²) in [6, 6.07) is 14.6. The monoisotopic (exact) mass is 330 g/mol. The molecular weight excluding hydrogens is 306 g/mol. The Hall–Kier alpha value is -1.69. The van der Waals surface area contributed by atoms with Crippen molar-refractivity contribution in [2.75, 3.05) is 44.7 Å². The van der Waals surface area contributed by atoms with E-state index in [4.69, 9.17) is 17.0 Å². The van der Waals surface area contributed by atoms with Gasteiger partial charge in [-0.2, -0.15) is 0 Å². The van der Waals surface area contributed by atoms with Gasteiger partial charge in [-0.1, -0.05) is 30.3 Å². The van der Waals surface area contributed by atoms with Gasteiger partial charge in [0.05, 0.1) is 19.8 Å². The molecule has 2 aromatic carbocycles. The van der Waals surface area contributed by atoms with Gasteiger partial charge >= 0.3 is 0 Å². The van der Waals surface area contributed by atoms with E-state index in [1.807, 2.05) is 0 Å². The summed E-state index contributed by atoms with van der Waals surface area (Å²) in [4.78, 5) is 1.63. The molecule has 1 saturated heterocycles. The number of rotatable bonds is 5. The van der Waals surface area contributed by atoms with Crippen molar-refractivity contribution >= 4 is 33.8 Å². The summed E-state index contributed by atoms with van der Waals surface area (Å²) in [5.41, 5.74) is 1.03. The molecule has 0 spiro atoms. The Morgan fingerprint density at radius 1 is 1.09 bits per heavy atom. The third kappa shape index (κ3) is 4.89. The van der Waals surface area contributed by atoms with Crippen LogP contribution in [0.5, 0.6) is 0 Å². The van der Waals surface area contributed by atoms with Crippen LogP contribution in [0.3, 0.4) is 0 Å². The topological polar surface area (TPSA) is 37.7 Å². The minimum absolute atomic E-state index is 0.692. The molecule has 1 fully saturated rings. The Kier molecular flexibility index (Phi) is 5.80. The summed E-state index contributed by atoms with van der Waals surface area (Å²) in [7, 11) is 0. The number of hydrogen-bond acceptors (Lipinski definition) is 2. The van der Waals surface area contributed by atoms with Gasteiger partial charge in [-0.15, -0.1) is 0 Å². The molecule has 23 heavy (non-hydrogen) atoms. The van der Waals surface area contributed by atoms with Crippen LogP contribution in [-0.2, 0) is 4.74 Å². The highest BCUT2D eigenvalue weighted by molar-refractivity contribution is 7.80. The number of anilines is 1. The molecular formula is C18H24N3OS+. The predicted molar refractivity (Wildman–Crippen MR) is 99.2 cm³/mol. The zero-order valence-electron chi connectivity index (χ0n) is 13.3. The first-order valence-corrected chi connectivity index (χ1v) is 8.67. The molecule has 1 aliphatic heterocycles. The van der Waals surface area contributed by atoms with Crippen molar-refractivity contribution in [3.63, 3.8) is 0 Å². The molecule has 3 rings (SSSR count). The molecule has 0 saturated carbocycles. The molecule has 4 nitrogen and oxygen atoms in total. The van der Waals surface area contributed by atoms with E-state index >= 15 is 0 Å². The standard InChI is InChI=1S/C18H23N3OS/c23-18(19-8-3-9-21-10-12-22-13-11-21)20-17-7-6-15-4-1-2-5-16(15)14-17/h1-2,4-7,14H,3,8-13H2,(H2,19,20,23)/p+1. The average Bonchev–Trinajstić information content (AvgIpc) is 2.59. The molecule has 0 radical (unpaired) electrons. The van der Waals surface area contributed by atoms with Gasteiger partial charge in [0, 0.05) is 18.7 Å². The minimum Gasteiger partial charge on any atom is -0.370 e. The normalized spacial score (nSPS) is 15.5. The number of benzene rings is 2. The highest BCUT2D eigenvalue weighted by Gasteiger charge is 2.12. The zero-order chi connectivity index (χ0) is 15.9. The van der Waals surface area contributed by atoms with E-state index in [9.17, 15) is 0 Å². The maximum atomic E-state index is 5.38. The summed E-state index contributed by atoms with van der Waals surface area (Å²) in [5, 5.41) is 9.71. The van der Waals surface area contributed by atoms with Crippen molar-refractivity contribution in [3.05, 3.63) is 42.5 Å². The van der Waals surface area contributed by atoms with Crippen molar-refractivity contribution in [2.45, 2.75) is 6.42 Å². The minimum atomic E-state index is 0.692. The third-order valence-corrected chi connectivity index (χ3v) is 4.45. The van der Waals surface area contributed by atoms with Crippen molar-refractivity contribution in [2.24, 2.45) is 0 Å². The lowest BCUT2D eigenvalue weighted by Gasteiger charge is -2.23. The predicted octanol–water partition coefficient (Wildman–Crippen LogP) is 1.43. The lowest BCUT2D eigenvalue weighted by Crippen LogP contribution is -3.14. The Bertz CT molecular complexity index is 656. The van der Waals surface area contributed by atoms with Crippen LogP contribution in [0.15, 0.2) is 42.5 Å². The molecule has 0 unspecified atom stereocenters. The Morgan fingerprint density at radius 2 is 1.87 bits per heavy atom.